The normalized spacial score (nSPS) is 13.4. The number of halogens is 1. The first-order valence-electron chi connectivity index (χ1n) is 9.65. The van der Waals surface area contributed by atoms with Crippen LogP contribution in [0.5, 0.6) is 0 Å². The lowest BCUT2D eigenvalue weighted by Gasteiger charge is -2.08. The summed E-state index contributed by atoms with van der Waals surface area (Å²) in [6.07, 6.45) is 12.1. The van der Waals surface area contributed by atoms with Crippen molar-refractivity contribution >= 4 is 17.5 Å². The van der Waals surface area contributed by atoms with Crippen LogP contribution in [0, 0.1) is 0 Å². The highest BCUT2D eigenvalue weighted by atomic mass is 35.5. The van der Waals surface area contributed by atoms with E-state index in [1.54, 1.807) is 37.5 Å². The Labute approximate surface area is 174 Å². The van der Waals surface area contributed by atoms with Crippen LogP contribution in [0.1, 0.15) is 48.9 Å². The summed E-state index contributed by atoms with van der Waals surface area (Å²) in [4.78, 5) is 24.0. The average molecular weight is 414 g/mol. The second-order valence-corrected chi connectivity index (χ2v) is 7.46. The fourth-order valence-electron chi connectivity index (χ4n) is 3.19. The van der Waals surface area contributed by atoms with Crippen LogP contribution in [-0.2, 0) is 7.05 Å². The fraction of sp³-hybridized carbons (Fsp3) is 0.333. The summed E-state index contributed by atoms with van der Waals surface area (Å²) in [5, 5.41) is 8.88. The smallest absolute Gasteiger partial charge is 0.284 e. The maximum absolute atomic E-state index is 12.4. The van der Waals surface area contributed by atoms with E-state index >= 15 is 0 Å². The maximum Gasteiger partial charge on any atom is 0.284 e. The van der Waals surface area contributed by atoms with E-state index in [9.17, 15) is 9.59 Å². The molecule has 7 nitrogen and oxygen atoms in total. The Hall–Kier alpha value is -2.93. The Kier molecular flexibility index (Phi) is 6.82. The molecule has 0 aliphatic heterocycles. The van der Waals surface area contributed by atoms with Crippen LogP contribution in [0.2, 0.25) is 5.02 Å². The topological polar surface area (TPSA) is 95.8 Å². The van der Waals surface area contributed by atoms with Gasteiger partial charge in [-0.1, -0.05) is 62.3 Å². The molecule has 1 amide bonds. The lowest BCUT2D eigenvalue weighted by atomic mass is 10.0. The first-order valence-corrected chi connectivity index (χ1v) is 10.0. The van der Waals surface area contributed by atoms with Gasteiger partial charge in [-0.3, -0.25) is 14.3 Å². The zero-order valence-corrected chi connectivity index (χ0v) is 17.1. The van der Waals surface area contributed by atoms with Gasteiger partial charge >= 0.3 is 0 Å². The van der Waals surface area contributed by atoms with Crippen LogP contribution in [0.3, 0.4) is 0 Å². The Morgan fingerprint density at radius 2 is 1.66 bits per heavy atom. The third-order valence-electron chi connectivity index (χ3n) is 4.75. The van der Waals surface area contributed by atoms with Gasteiger partial charge in [-0.25, -0.2) is 0 Å². The van der Waals surface area contributed by atoms with E-state index in [0.717, 1.165) is 4.68 Å². The Morgan fingerprint density at radius 1 is 1.07 bits per heavy atom. The average Bonchev–Trinajstić information content (AvgIpc) is 3.16. The van der Waals surface area contributed by atoms with Gasteiger partial charge in [-0.15, -0.1) is 0 Å². The van der Waals surface area contributed by atoms with Gasteiger partial charge in [0.2, 0.25) is 0 Å². The van der Waals surface area contributed by atoms with Crippen molar-refractivity contribution in [2.75, 3.05) is 0 Å². The van der Waals surface area contributed by atoms with Gasteiger partial charge in [0, 0.05) is 17.6 Å². The second-order valence-electron chi connectivity index (χ2n) is 7.02. The highest BCUT2D eigenvalue weighted by Crippen LogP contribution is 2.20. The predicted molar refractivity (Wildman–Crippen MR) is 113 cm³/mol. The number of nitrogens with two attached hydrogens (primary N) is 1. The summed E-state index contributed by atoms with van der Waals surface area (Å²) in [6.45, 7) is 0. The number of nitrogens with zero attached hydrogens (tertiary/aromatic N) is 4. The maximum atomic E-state index is 12.4. The number of rotatable bonds is 3. The van der Waals surface area contributed by atoms with E-state index in [4.69, 9.17) is 17.3 Å². The number of aromatic nitrogens is 4. The standard InChI is InChI=1S/C15H12ClN5O2.C6H12/c1-20-8-11(7-18-20)21-15(23)12(14(17)22)6-13(19-21)9-2-4-10(16)5-3-9;1-2-4-6-5-3-1/h2-8H,1H3,(H2,17,22);1-6H2. The van der Waals surface area contributed by atoms with Crippen LogP contribution >= 0.6 is 11.6 Å². The minimum absolute atomic E-state index is 0.145. The number of aryl methyl sites for hydroxylation is 1. The predicted octanol–water partition coefficient (Wildman–Crippen LogP) is 3.73. The zero-order chi connectivity index (χ0) is 20.8. The number of benzene rings is 1. The molecule has 1 aliphatic carbocycles. The van der Waals surface area contributed by atoms with Crippen LogP contribution in [-0.4, -0.2) is 25.5 Å². The van der Waals surface area contributed by atoms with E-state index in [2.05, 4.69) is 10.2 Å². The van der Waals surface area contributed by atoms with E-state index in [1.165, 1.54) is 55.5 Å². The molecule has 8 heteroatoms. The SMILES string of the molecule is C1CCCCC1.Cn1cc(-n2nc(-c3ccc(Cl)cc3)cc(C(N)=O)c2=O)cn1. The van der Waals surface area contributed by atoms with E-state index in [1.807, 2.05) is 0 Å². The van der Waals surface area contributed by atoms with E-state index < -0.39 is 11.5 Å². The molecule has 0 spiro atoms. The van der Waals surface area contributed by atoms with E-state index in [-0.39, 0.29) is 5.56 Å². The van der Waals surface area contributed by atoms with Crippen molar-refractivity contribution in [2.24, 2.45) is 12.8 Å². The number of amides is 1. The third-order valence-corrected chi connectivity index (χ3v) is 5.00. The second kappa shape index (κ2) is 9.52. The first kappa shape index (κ1) is 20.8. The van der Waals surface area contributed by atoms with Crippen molar-refractivity contribution in [1.29, 1.82) is 0 Å². The molecule has 2 heterocycles. The molecule has 1 aromatic carbocycles. The van der Waals surface area contributed by atoms with Gasteiger partial charge in [0.25, 0.3) is 11.5 Å². The third kappa shape index (κ3) is 5.32. The van der Waals surface area contributed by atoms with Crippen molar-refractivity contribution in [3.05, 3.63) is 63.7 Å². The molecule has 29 heavy (non-hydrogen) atoms. The molecule has 4 rings (SSSR count). The van der Waals surface area contributed by atoms with Crippen LogP contribution in [0.25, 0.3) is 16.9 Å². The molecule has 0 unspecified atom stereocenters. The number of carbonyl (C=O) groups is 1. The van der Waals surface area contributed by atoms with Crippen molar-refractivity contribution in [3.63, 3.8) is 0 Å². The molecule has 2 N–H and O–H groups in total. The van der Waals surface area contributed by atoms with Gasteiger partial charge in [-0.05, 0) is 18.2 Å². The highest BCUT2D eigenvalue weighted by molar-refractivity contribution is 6.30. The monoisotopic (exact) mass is 413 g/mol. The highest BCUT2D eigenvalue weighted by Gasteiger charge is 2.16. The molecule has 0 saturated heterocycles. The minimum atomic E-state index is -0.815. The summed E-state index contributed by atoms with van der Waals surface area (Å²) < 4.78 is 2.64. The molecule has 0 radical (unpaired) electrons. The summed E-state index contributed by atoms with van der Waals surface area (Å²) in [5.41, 5.74) is 6.15. The number of hydrogen-bond acceptors (Lipinski definition) is 4. The van der Waals surface area contributed by atoms with Crippen molar-refractivity contribution in [2.45, 2.75) is 38.5 Å². The fourth-order valence-corrected chi connectivity index (χ4v) is 3.31. The van der Waals surface area contributed by atoms with Crippen molar-refractivity contribution < 1.29 is 4.79 Å². The summed E-state index contributed by atoms with van der Waals surface area (Å²) in [7, 11) is 1.71. The first-order chi connectivity index (χ1) is 14.0. The van der Waals surface area contributed by atoms with Crippen molar-refractivity contribution in [1.82, 2.24) is 19.6 Å². The quantitative estimate of drug-likeness (QED) is 0.707. The van der Waals surface area contributed by atoms with Crippen LogP contribution in [0.4, 0.5) is 0 Å². The van der Waals surface area contributed by atoms with Gasteiger partial charge in [0.05, 0.1) is 18.1 Å². The lowest BCUT2D eigenvalue weighted by molar-refractivity contribution is 0.0998. The molecule has 1 saturated carbocycles. The molecule has 0 bridgehead atoms. The number of carbonyl (C=O) groups excluding carboxylic acids is 1. The lowest BCUT2D eigenvalue weighted by Crippen LogP contribution is -2.30. The van der Waals surface area contributed by atoms with Crippen LogP contribution < -0.4 is 11.3 Å². The Balaban J connectivity index is 0.000000343. The van der Waals surface area contributed by atoms with Crippen molar-refractivity contribution in [3.8, 4) is 16.9 Å². The number of primary amides is 1. The molecule has 1 aliphatic rings. The van der Waals surface area contributed by atoms with Gasteiger partial charge in [0.1, 0.15) is 11.3 Å². The van der Waals surface area contributed by atoms with Crippen LogP contribution in [0.15, 0.2) is 47.5 Å². The zero-order valence-electron chi connectivity index (χ0n) is 16.3. The Bertz CT molecular complexity index is 1020. The van der Waals surface area contributed by atoms with Gasteiger partial charge in [-0.2, -0.15) is 14.9 Å². The molecular formula is C21H24ClN5O2. The molecular weight excluding hydrogens is 390 g/mol. The molecule has 152 valence electrons. The molecule has 3 aromatic rings. The molecule has 0 atom stereocenters. The summed E-state index contributed by atoms with van der Waals surface area (Å²) in [5.74, 6) is -0.815. The summed E-state index contributed by atoms with van der Waals surface area (Å²) >= 11 is 5.88. The molecule has 2 aromatic heterocycles. The Morgan fingerprint density at radius 3 is 2.14 bits per heavy atom. The molecule has 1 fully saturated rings. The minimum Gasteiger partial charge on any atom is -0.365 e. The van der Waals surface area contributed by atoms with E-state index in [0.29, 0.717) is 22.0 Å². The summed E-state index contributed by atoms with van der Waals surface area (Å²) in [6, 6.07) is 8.26. The van der Waals surface area contributed by atoms with Gasteiger partial charge < -0.3 is 5.73 Å². The van der Waals surface area contributed by atoms with Gasteiger partial charge in [0.15, 0.2) is 0 Å². The largest absolute Gasteiger partial charge is 0.365 e. The number of hydrogen-bond donors (Lipinski definition) is 1.